The van der Waals surface area contributed by atoms with E-state index in [-0.39, 0.29) is 17.2 Å². The van der Waals surface area contributed by atoms with Gasteiger partial charge in [-0.15, -0.1) is 0 Å². The zero-order valence-electron chi connectivity index (χ0n) is 12.1. The van der Waals surface area contributed by atoms with Gasteiger partial charge in [0.2, 0.25) is 0 Å². The van der Waals surface area contributed by atoms with E-state index in [9.17, 15) is 4.79 Å². The van der Waals surface area contributed by atoms with E-state index in [0.717, 1.165) is 5.56 Å². The molecule has 0 aliphatic heterocycles. The van der Waals surface area contributed by atoms with Crippen molar-refractivity contribution in [1.82, 2.24) is 9.78 Å². The number of aliphatic hydroxyl groups is 1. The SMILES string of the molecule is O=c1c(NCCCO)c(Cl)cnn1CC=Cc1ccccc1. The maximum atomic E-state index is 12.3. The first-order valence-corrected chi connectivity index (χ1v) is 7.42. The highest BCUT2D eigenvalue weighted by atomic mass is 35.5. The summed E-state index contributed by atoms with van der Waals surface area (Å²) in [7, 11) is 0. The van der Waals surface area contributed by atoms with Crippen LogP contribution in [-0.2, 0) is 6.54 Å². The molecule has 5 nitrogen and oxygen atoms in total. The van der Waals surface area contributed by atoms with E-state index >= 15 is 0 Å². The summed E-state index contributed by atoms with van der Waals surface area (Å²) in [6, 6.07) is 9.82. The highest BCUT2D eigenvalue weighted by Crippen LogP contribution is 2.14. The number of rotatable bonds is 7. The Morgan fingerprint density at radius 2 is 2.09 bits per heavy atom. The van der Waals surface area contributed by atoms with Gasteiger partial charge in [-0.1, -0.05) is 54.1 Å². The lowest BCUT2D eigenvalue weighted by Crippen LogP contribution is -2.26. The van der Waals surface area contributed by atoms with Crippen LogP contribution in [0.1, 0.15) is 12.0 Å². The largest absolute Gasteiger partial charge is 0.396 e. The van der Waals surface area contributed by atoms with Crippen molar-refractivity contribution in [2.75, 3.05) is 18.5 Å². The van der Waals surface area contributed by atoms with E-state index < -0.39 is 0 Å². The number of aliphatic hydroxyl groups excluding tert-OH is 1. The molecule has 0 saturated carbocycles. The molecule has 0 aliphatic rings. The predicted molar refractivity (Wildman–Crippen MR) is 89.2 cm³/mol. The molecular formula is C16H18ClN3O2. The van der Waals surface area contributed by atoms with Crippen LogP contribution in [0.15, 0.2) is 47.4 Å². The fourth-order valence-electron chi connectivity index (χ4n) is 1.90. The van der Waals surface area contributed by atoms with E-state index in [1.54, 1.807) is 0 Å². The molecule has 0 bridgehead atoms. The Morgan fingerprint density at radius 1 is 1.32 bits per heavy atom. The molecule has 0 radical (unpaired) electrons. The first-order chi connectivity index (χ1) is 10.7. The van der Waals surface area contributed by atoms with Crippen molar-refractivity contribution >= 4 is 23.4 Å². The molecule has 0 fully saturated rings. The fourth-order valence-corrected chi connectivity index (χ4v) is 2.10. The summed E-state index contributed by atoms with van der Waals surface area (Å²) in [6.07, 6.45) is 5.79. The normalized spacial score (nSPS) is 11.0. The average Bonchev–Trinajstić information content (AvgIpc) is 2.54. The Bertz CT molecular complexity index is 684. The molecule has 0 aliphatic carbocycles. The van der Waals surface area contributed by atoms with Gasteiger partial charge in [0, 0.05) is 13.2 Å². The van der Waals surface area contributed by atoms with Crippen molar-refractivity contribution in [2.45, 2.75) is 13.0 Å². The van der Waals surface area contributed by atoms with Gasteiger partial charge in [0.05, 0.1) is 17.8 Å². The second-order valence-corrected chi connectivity index (χ2v) is 5.08. The van der Waals surface area contributed by atoms with Crippen molar-refractivity contribution in [3.05, 3.63) is 63.5 Å². The van der Waals surface area contributed by atoms with E-state index in [0.29, 0.717) is 25.2 Å². The molecular weight excluding hydrogens is 302 g/mol. The summed E-state index contributed by atoms with van der Waals surface area (Å²) in [4.78, 5) is 12.3. The summed E-state index contributed by atoms with van der Waals surface area (Å²) < 4.78 is 1.34. The van der Waals surface area contributed by atoms with Gasteiger partial charge in [0.25, 0.3) is 5.56 Å². The molecule has 1 aromatic carbocycles. The average molecular weight is 320 g/mol. The number of benzene rings is 1. The molecule has 2 rings (SSSR count). The van der Waals surface area contributed by atoms with Crippen molar-refractivity contribution in [3.8, 4) is 0 Å². The standard InChI is InChI=1S/C16H18ClN3O2/c17-14-12-19-20(16(22)15(14)18-9-5-11-21)10-4-8-13-6-2-1-3-7-13/h1-4,6-8,12,18,21H,5,9-11H2. The Balaban J connectivity index is 2.09. The summed E-state index contributed by atoms with van der Waals surface area (Å²) >= 11 is 5.99. The summed E-state index contributed by atoms with van der Waals surface area (Å²) in [5, 5.41) is 16.0. The van der Waals surface area contributed by atoms with Crippen molar-refractivity contribution < 1.29 is 5.11 Å². The number of aromatic nitrogens is 2. The van der Waals surface area contributed by atoms with Crippen LogP contribution in [-0.4, -0.2) is 28.0 Å². The lowest BCUT2D eigenvalue weighted by atomic mass is 10.2. The van der Waals surface area contributed by atoms with Gasteiger partial charge in [-0.05, 0) is 12.0 Å². The minimum Gasteiger partial charge on any atom is -0.396 e. The molecule has 0 saturated heterocycles. The fraction of sp³-hybridized carbons (Fsp3) is 0.250. The molecule has 2 N–H and O–H groups in total. The molecule has 0 amide bonds. The Kier molecular flexibility index (Phi) is 6.18. The van der Waals surface area contributed by atoms with E-state index in [1.807, 2.05) is 42.5 Å². The number of nitrogens with one attached hydrogen (secondary N) is 1. The van der Waals surface area contributed by atoms with Gasteiger partial charge in [0.15, 0.2) is 0 Å². The van der Waals surface area contributed by atoms with Gasteiger partial charge in [-0.2, -0.15) is 5.10 Å². The Morgan fingerprint density at radius 3 is 2.82 bits per heavy atom. The monoisotopic (exact) mass is 319 g/mol. The number of allylic oxidation sites excluding steroid dienone is 1. The van der Waals surface area contributed by atoms with Crippen molar-refractivity contribution in [3.63, 3.8) is 0 Å². The van der Waals surface area contributed by atoms with E-state index in [4.69, 9.17) is 16.7 Å². The molecule has 1 aromatic heterocycles. The van der Waals surface area contributed by atoms with Gasteiger partial charge in [-0.3, -0.25) is 4.79 Å². The summed E-state index contributed by atoms with van der Waals surface area (Å²) in [5.41, 5.74) is 1.10. The molecule has 2 aromatic rings. The highest BCUT2D eigenvalue weighted by molar-refractivity contribution is 6.32. The van der Waals surface area contributed by atoms with Crippen LogP contribution in [0.4, 0.5) is 5.69 Å². The van der Waals surface area contributed by atoms with Gasteiger partial charge in [-0.25, -0.2) is 4.68 Å². The third-order valence-corrected chi connectivity index (χ3v) is 3.31. The molecule has 0 unspecified atom stereocenters. The molecule has 6 heteroatoms. The Labute approximate surface area is 133 Å². The zero-order chi connectivity index (χ0) is 15.8. The molecule has 1 heterocycles. The Hall–Kier alpha value is -2.11. The van der Waals surface area contributed by atoms with Crippen LogP contribution >= 0.6 is 11.6 Å². The van der Waals surface area contributed by atoms with Crippen molar-refractivity contribution in [2.24, 2.45) is 0 Å². The van der Waals surface area contributed by atoms with E-state index in [2.05, 4.69) is 10.4 Å². The minimum atomic E-state index is -0.275. The number of anilines is 1. The first-order valence-electron chi connectivity index (χ1n) is 7.04. The molecule has 116 valence electrons. The highest BCUT2D eigenvalue weighted by Gasteiger charge is 2.08. The van der Waals surface area contributed by atoms with Crippen LogP contribution in [0.2, 0.25) is 5.02 Å². The number of halogens is 1. The smallest absolute Gasteiger partial charge is 0.291 e. The van der Waals surface area contributed by atoms with Gasteiger partial charge in [0.1, 0.15) is 5.69 Å². The summed E-state index contributed by atoms with van der Waals surface area (Å²) in [5.74, 6) is 0. The quantitative estimate of drug-likeness (QED) is 0.769. The molecule has 0 spiro atoms. The van der Waals surface area contributed by atoms with Crippen LogP contribution in [0, 0.1) is 0 Å². The zero-order valence-corrected chi connectivity index (χ0v) is 12.8. The number of nitrogens with zero attached hydrogens (tertiary/aromatic N) is 2. The minimum absolute atomic E-state index is 0.0592. The lowest BCUT2D eigenvalue weighted by Gasteiger charge is -2.09. The van der Waals surface area contributed by atoms with E-state index in [1.165, 1.54) is 10.9 Å². The van der Waals surface area contributed by atoms with Gasteiger partial charge < -0.3 is 10.4 Å². The van der Waals surface area contributed by atoms with Crippen molar-refractivity contribution in [1.29, 1.82) is 0 Å². The van der Waals surface area contributed by atoms with Gasteiger partial charge >= 0.3 is 0 Å². The number of hydrogen-bond acceptors (Lipinski definition) is 4. The predicted octanol–water partition coefficient (Wildman–Crippen LogP) is 2.40. The second-order valence-electron chi connectivity index (χ2n) is 4.67. The van der Waals surface area contributed by atoms with Crippen LogP contribution in [0.3, 0.4) is 0 Å². The van der Waals surface area contributed by atoms with Crippen LogP contribution < -0.4 is 10.9 Å². The molecule has 0 atom stereocenters. The summed E-state index contributed by atoms with van der Waals surface area (Å²) in [6.45, 7) is 0.901. The first kappa shape index (κ1) is 16.3. The third kappa shape index (κ3) is 4.44. The third-order valence-electron chi connectivity index (χ3n) is 3.02. The molecule has 22 heavy (non-hydrogen) atoms. The number of hydrogen-bond donors (Lipinski definition) is 2. The maximum absolute atomic E-state index is 12.3. The second kappa shape index (κ2) is 8.36. The van der Waals surface area contributed by atoms with Crippen LogP contribution in [0.5, 0.6) is 0 Å². The topological polar surface area (TPSA) is 67.2 Å². The van der Waals surface area contributed by atoms with Crippen LogP contribution in [0.25, 0.3) is 6.08 Å². The lowest BCUT2D eigenvalue weighted by molar-refractivity contribution is 0.292. The maximum Gasteiger partial charge on any atom is 0.291 e.